The Morgan fingerprint density at radius 2 is 1.31 bits per heavy atom. The zero-order valence-corrected chi connectivity index (χ0v) is 17.9. The van der Waals surface area contributed by atoms with Gasteiger partial charge in [-0.25, -0.2) is 4.98 Å². The minimum atomic E-state index is 0.577. The highest BCUT2D eigenvalue weighted by atomic mass is 15.1. The standard InChI is InChI=1S/C23H30N6/c1-6-29(7-2)21-14-10-19(11-15-21)26-23-24-17(3)16-22(27-23)25-18-8-12-20(13-9-18)28(4)5/h8-16H,6-7H2,1-5H3,(H2,24,25,26,27). The van der Waals surface area contributed by atoms with Gasteiger partial charge in [0.1, 0.15) is 5.82 Å². The van der Waals surface area contributed by atoms with Crippen LogP contribution in [0.3, 0.4) is 0 Å². The molecule has 0 saturated carbocycles. The summed E-state index contributed by atoms with van der Waals surface area (Å²) in [5, 5.41) is 6.67. The van der Waals surface area contributed by atoms with Gasteiger partial charge in [-0.3, -0.25) is 0 Å². The number of rotatable bonds is 8. The Morgan fingerprint density at radius 3 is 1.86 bits per heavy atom. The maximum Gasteiger partial charge on any atom is 0.229 e. The van der Waals surface area contributed by atoms with Crippen molar-refractivity contribution in [2.45, 2.75) is 20.8 Å². The van der Waals surface area contributed by atoms with Gasteiger partial charge in [-0.2, -0.15) is 4.98 Å². The second-order valence-electron chi connectivity index (χ2n) is 7.13. The summed E-state index contributed by atoms with van der Waals surface area (Å²) < 4.78 is 0. The second-order valence-corrected chi connectivity index (χ2v) is 7.13. The number of hydrogen-bond acceptors (Lipinski definition) is 6. The van der Waals surface area contributed by atoms with Crippen molar-refractivity contribution < 1.29 is 0 Å². The number of nitrogens with one attached hydrogen (secondary N) is 2. The molecule has 0 aliphatic rings. The molecular formula is C23H30N6. The summed E-state index contributed by atoms with van der Waals surface area (Å²) in [6.45, 7) is 8.29. The van der Waals surface area contributed by atoms with Gasteiger partial charge in [0.05, 0.1) is 0 Å². The van der Waals surface area contributed by atoms with Gasteiger partial charge in [0.15, 0.2) is 0 Å². The average molecular weight is 391 g/mol. The molecule has 0 bridgehead atoms. The molecule has 0 amide bonds. The number of nitrogens with zero attached hydrogens (tertiary/aromatic N) is 4. The molecule has 3 rings (SSSR count). The lowest BCUT2D eigenvalue weighted by Gasteiger charge is -2.21. The summed E-state index contributed by atoms with van der Waals surface area (Å²) in [6, 6.07) is 18.6. The van der Waals surface area contributed by atoms with Crippen molar-refractivity contribution in [3.05, 3.63) is 60.3 Å². The normalized spacial score (nSPS) is 10.5. The first-order valence-corrected chi connectivity index (χ1v) is 10.0. The largest absolute Gasteiger partial charge is 0.378 e. The number of hydrogen-bond donors (Lipinski definition) is 2. The summed E-state index contributed by atoms with van der Waals surface area (Å²) >= 11 is 0. The Hall–Kier alpha value is -3.28. The highest BCUT2D eigenvalue weighted by molar-refractivity contribution is 5.63. The lowest BCUT2D eigenvalue weighted by Crippen LogP contribution is -2.21. The fraction of sp³-hybridized carbons (Fsp3) is 0.304. The Bertz CT molecular complexity index is 915. The predicted molar refractivity (Wildman–Crippen MR) is 124 cm³/mol. The minimum Gasteiger partial charge on any atom is -0.378 e. The molecule has 152 valence electrons. The van der Waals surface area contributed by atoms with Crippen LogP contribution in [0, 0.1) is 6.92 Å². The van der Waals surface area contributed by atoms with Crippen molar-refractivity contribution in [1.29, 1.82) is 0 Å². The van der Waals surface area contributed by atoms with E-state index in [0.717, 1.165) is 41.7 Å². The highest BCUT2D eigenvalue weighted by Crippen LogP contribution is 2.23. The molecule has 0 aliphatic heterocycles. The SMILES string of the molecule is CCN(CC)c1ccc(Nc2nc(C)cc(Nc3ccc(N(C)C)cc3)n2)cc1. The summed E-state index contributed by atoms with van der Waals surface area (Å²) in [5.41, 5.74) is 5.23. The minimum absolute atomic E-state index is 0.577. The van der Waals surface area contributed by atoms with E-state index in [4.69, 9.17) is 0 Å². The van der Waals surface area contributed by atoms with Crippen molar-refractivity contribution in [2.75, 3.05) is 47.6 Å². The van der Waals surface area contributed by atoms with E-state index in [0.29, 0.717) is 5.95 Å². The predicted octanol–water partition coefficient (Wildman–Crippen LogP) is 5.18. The van der Waals surface area contributed by atoms with E-state index in [2.05, 4.69) is 80.6 Å². The van der Waals surface area contributed by atoms with Gasteiger partial charge in [-0.1, -0.05) is 0 Å². The summed E-state index contributed by atoms with van der Waals surface area (Å²) in [4.78, 5) is 13.5. The number of benzene rings is 2. The van der Waals surface area contributed by atoms with E-state index in [9.17, 15) is 0 Å². The van der Waals surface area contributed by atoms with Crippen molar-refractivity contribution in [3.8, 4) is 0 Å². The maximum absolute atomic E-state index is 4.62. The molecule has 0 saturated heterocycles. The van der Waals surface area contributed by atoms with Crippen LogP contribution >= 0.6 is 0 Å². The maximum atomic E-state index is 4.62. The lowest BCUT2D eigenvalue weighted by atomic mass is 10.2. The van der Waals surface area contributed by atoms with Crippen molar-refractivity contribution in [1.82, 2.24) is 9.97 Å². The highest BCUT2D eigenvalue weighted by Gasteiger charge is 2.06. The Kier molecular flexibility index (Phi) is 6.54. The molecule has 0 aliphatic carbocycles. The van der Waals surface area contributed by atoms with Crippen LogP contribution in [-0.2, 0) is 0 Å². The van der Waals surface area contributed by atoms with Gasteiger partial charge in [-0.05, 0) is 69.3 Å². The zero-order valence-electron chi connectivity index (χ0n) is 17.9. The molecule has 0 radical (unpaired) electrons. The molecule has 0 unspecified atom stereocenters. The van der Waals surface area contributed by atoms with Crippen LogP contribution in [0.5, 0.6) is 0 Å². The van der Waals surface area contributed by atoms with Gasteiger partial charge < -0.3 is 20.4 Å². The third-order valence-corrected chi connectivity index (χ3v) is 4.76. The number of aryl methyl sites for hydroxylation is 1. The second kappa shape index (κ2) is 9.28. The van der Waals surface area contributed by atoms with E-state index in [1.54, 1.807) is 0 Å². The first kappa shape index (κ1) is 20.5. The third kappa shape index (κ3) is 5.38. The topological polar surface area (TPSA) is 56.3 Å². The molecule has 29 heavy (non-hydrogen) atoms. The molecular weight excluding hydrogens is 360 g/mol. The van der Waals surface area contributed by atoms with E-state index in [1.807, 2.05) is 39.2 Å². The van der Waals surface area contributed by atoms with E-state index < -0.39 is 0 Å². The summed E-state index contributed by atoms with van der Waals surface area (Å²) in [6.07, 6.45) is 0. The smallest absolute Gasteiger partial charge is 0.229 e. The quantitative estimate of drug-likeness (QED) is 0.552. The summed E-state index contributed by atoms with van der Waals surface area (Å²) in [7, 11) is 4.06. The van der Waals surface area contributed by atoms with Gasteiger partial charge in [0.25, 0.3) is 0 Å². The zero-order chi connectivity index (χ0) is 20.8. The Labute approximate surface area is 173 Å². The first-order chi connectivity index (χ1) is 14.0. The average Bonchev–Trinajstić information content (AvgIpc) is 2.70. The number of aromatic nitrogens is 2. The monoisotopic (exact) mass is 390 g/mol. The van der Waals surface area contributed by atoms with Crippen LogP contribution in [0.2, 0.25) is 0 Å². The first-order valence-electron chi connectivity index (χ1n) is 10.0. The molecule has 6 heteroatoms. The van der Waals surface area contributed by atoms with E-state index >= 15 is 0 Å². The van der Waals surface area contributed by atoms with Gasteiger partial charge in [0, 0.05) is 61.7 Å². The molecule has 2 N–H and O–H groups in total. The number of anilines is 6. The fourth-order valence-corrected chi connectivity index (χ4v) is 3.15. The Morgan fingerprint density at radius 1 is 0.759 bits per heavy atom. The molecule has 0 fully saturated rings. The van der Waals surface area contributed by atoms with Crippen LogP contribution < -0.4 is 20.4 Å². The van der Waals surface area contributed by atoms with Crippen molar-refractivity contribution in [3.63, 3.8) is 0 Å². The van der Waals surface area contributed by atoms with Crippen LogP contribution in [0.25, 0.3) is 0 Å². The molecule has 1 heterocycles. The molecule has 0 spiro atoms. The van der Waals surface area contributed by atoms with Gasteiger partial charge >= 0.3 is 0 Å². The van der Waals surface area contributed by atoms with Crippen molar-refractivity contribution in [2.24, 2.45) is 0 Å². The van der Waals surface area contributed by atoms with Crippen molar-refractivity contribution >= 4 is 34.5 Å². The molecule has 3 aromatic rings. The van der Waals surface area contributed by atoms with Crippen LogP contribution in [0.15, 0.2) is 54.6 Å². The van der Waals surface area contributed by atoms with Crippen LogP contribution in [0.1, 0.15) is 19.5 Å². The molecule has 2 aromatic carbocycles. The lowest BCUT2D eigenvalue weighted by molar-refractivity contribution is 0.866. The summed E-state index contributed by atoms with van der Waals surface area (Å²) in [5.74, 6) is 1.34. The van der Waals surface area contributed by atoms with Crippen LogP contribution in [-0.4, -0.2) is 37.2 Å². The Balaban J connectivity index is 1.73. The van der Waals surface area contributed by atoms with E-state index in [1.165, 1.54) is 5.69 Å². The molecule has 6 nitrogen and oxygen atoms in total. The van der Waals surface area contributed by atoms with Crippen LogP contribution in [0.4, 0.5) is 34.5 Å². The van der Waals surface area contributed by atoms with Gasteiger partial charge in [0.2, 0.25) is 5.95 Å². The third-order valence-electron chi connectivity index (χ3n) is 4.76. The molecule has 1 aromatic heterocycles. The molecule has 0 atom stereocenters. The van der Waals surface area contributed by atoms with Gasteiger partial charge in [-0.15, -0.1) is 0 Å². The van der Waals surface area contributed by atoms with E-state index in [-0.39, 0.29) is 0 Å². The fourth-order valence-electron chi connectivity index (χ4n) is 3.15.